The van der Waals surface area contributed by atoms with E-state index in [1.807, 2.05) is 12.1 Å². The molecule has 0 radical (unpaired) electrons. The summed E-state index contributed by atoms with van der Waals surface area (Å²) in [6.45, 7) is 3.43. The van der Waals surface area contributed by atoms with Crippen molar-refractivity contribution in [1.29, 1.82) is 0 Å². The van der Waals surface area contributed by atoms with E-state index in [9.17, 15) is 4.79 Å². The van der Waals surface area contributed by atoms with Crippen LogP contribution in [-0.2, 0) is 5.41 Å². The SMILES string of the molecule is CNC(=O)Oc1ccc2c(c1)N(C)[C@@H]1N(C)CC[C@]21C. The maximum Gasteiger partial charge on any atom is 0.412 e. The van der Waals surface area contributed by atoms with Gasteiger partial charge in [0.25, 0.3) is 0 Å². The summed E-state index contributed by atoms with van der Waals surface area (Å²) in [5, 5.41) is 2.46. The van der Waals surface area contributed by atoms with Gasteiger partial charge in [-0.15, -0.1) is 0 Å². The number of benzene rings is 1. The van der Waals surface area contributed by atoms with E-state index in [1.54, 1.807) is 7.05 Å². The molecule has 0 bridgehead atoms. The second-order valence-electron chi connectivity index (χ2n) is 5.95. The van der Waals surface area contributed by atoms with Crippen LogP contribution >= 0.6 is 0 Å². The number of ether oxygens (including phenoxy) is 1. The van der Waals surface area contributed by atoms with Gasteiger partial charge in [-0.2, -0.15) is 0 Å². The molecule has 2 aliphatic rings. The number of carbonyl (C=O) groups is 1. The highest BCUT2D eigenvalue weighted by Gasteiger charge is 2.52. The summed E-state index contributed by atoms with van der Waals surface area (Å²) in [4.78, 5) is 16.0. The number of rotatable bonds is 1. The van der Waals surface area contributed by atoms with Crippen molar-refractivity contribution in [2.75, 3.05) is 32.6 Å². The van der Waals surface area contributed by atoms with Crippen LogP contribution in [0.15, 0.2) is 18.2 Å². The summed E-state index contributed by atoms with van der Waals surface area (Å²) in [7, 11) is 5.84. The first-order valence-electron chi connectivity index (χ1n) is 6.94. The molecule has 0 aliphatic carbocycles. The highest BCUT2D eigenvalue weighted by molar-refractivity contribution is 5.72. The Bertz CT molecular complexity index is 560. The number of nitrogens with one attached hydrogen (secondary N) is 1. The van der Waals surface area contributed by atoms with Gasteiger partial charge >= 0.3 is 6.09 Å². The van der Waals surface area contributed by atoms with Crippen molar-refractivity contribution in [1.82, 2.24) is 10.2 Å². The minimum absolute atomic E-state index is 0.157. The fraction of sp³-hybridized carbons (Fsp3) is 0.533. The molecule has 3 rings (SSSR count). The summed E-state index contributed by atoms with van der Waals surface area (Å²) < 4.78 is 5.23. The fourth-order valence-corrected chi connectivity index (χ4v) is 3.78. The third-order valence-corrected chi connectivity index (χ3v) is 4.72. The number of nitrogens with zero attached hydrogens (tertiary/aromatic N) is 2. The van der Waals surface area contributed by atoms with E-state index in [-0.39, 0.29) is 5.41 Å². The van der Waals surface area contributed by atoms with Gasteiger partial charge in [0.15, 0.2) is 0 Å². The lowest BCUT2D eigenvalue weighted by Gasteiger charge is -2.32. The Balaban J connectivity index is 1.98. The van der Waals surface area contributed by atoms with E-state index >= 15 is 0 Å². The van der Waals surface area contributed by atoms with Gasteiger partial charge in [0.1, 0.15) is 5.75 Å². The Kier molecular flexibility index (Phi) is 2.90. The molecule has 1 aromatic rings. The Morgan fingerprint density at radius 2 is 2.20 bits per heavy atom. The van der Waals surface area contributed by atoms with Crippen molar-refractivity contribution in [2.24, 2.45) is 0 Å². The quantitative estimate of drug-likeness (QED) is 0.848. The lowest BCUT2D eigenvalue weighted by Crippen LogP contribution is -2.45. The molecule has 5 nitrogen and oxygen atoms in total. The lowest BCUT2D eigenvalue weighted by molar-refractivity contribution is 0.203. The van der Waals surface area contributed by atoms with Crippen molar-refractivity contribution < 1.29 is 9.53 Å². The lowest BCUT2D eigenvalue weighted by atomic mass is 9.81. The van der Waals surface area contributed by atoms with E-state index in [0.29, 0.717) is 11.9 Å². The van der Waals surface area contributed by atoms with Crippen molar-refractivity contribution >= 4 is 11.8 Å². The Labute approximate surface area is 119 Å². The Hall–Kier alpha value is -1.75. The number of likely N-dealkylation sites (N-methyl/N-ethyl adjacent to an activating group) is 2. The van der Waals surface area contributed by atoms with Crippen LogP contribution in [0.3, 0.4) is 0 Å². The van der Waals surface area contributed by atoms with Crippen molar-refractivity contribution in [3.05, 3.63) is 23.8 Å². The Morgan fingerprint density at radius 3 is 2.90 bits per heavy atom. The van der Waals surface area contributed by atoms with Crippen LogP contribution in [0, 0.1) is 0 Å². The molecule has 0 aromatic heterocycles. The van der Waals surface area contributed by atoms with Crippen LogP contribution in [0.5, 0.6) is 5.75 Å². The molecule has 20 heavy (non-hydrogen) atoms. The molecule has 5 heteroatoms. The third-order valence-electron chi connectivity index (χ3n) is 4.72. The van der Waals surface area contributed by atoms with E-state index in [0.717, 1.165) is 18.7 Å². The summed E-state index contributed by atoms with van der Waals surface area (Å²) >= 11 is 0. The number of fused-ring (bicyclic) bond motifs is 3. The van der Waals surface area contributed by atoms with Crippen molar-refractivity contribution in [3.8, 4) is 5.75 Å². The van der Waals surface area contributed by atoms with Crippen LogP contribution in [-0.4, -0.2) is 44.8 Å². The number of hydrogen-bond acceptors (Lipinski definition) is 4. The second kappa shape index (κ2) is 4.38. The summed E-state index contributed by atoms with van der Waals surface area (Å²) in [5.74, 6) is 0.584. The number of likely N-dealkylation sites (tertiary alicyclic amines) is 1. The molecule has 1 N–H and O–H groups in total. The molecule has 2 heterocycles. The van der Waals surface area contributed by atoms with Crippen LogP contribution in [0.2, 0.25) is 0 Å². The molecule has 1 aromatic carbocycles. The zero-order valence-electron chi connectivity index (χ0n) is 12.4. The molecule has 2 atom stereocenters. The summed E-state index contributed by atoms with van der Waals surface area (Å²) in [5.41, 5.74) is 2.66. The number of anilines is 1. The first-order chi connectivity index (χ1) is 9.47. The van der Waals surface area contributed by atoms with Gasteiger partial charge in [-0.1, -0.05) is 13.0 Å². The first kappa shape index (κ1) is 13.2. The molecule has 1 saturated heterocycles. The Morgan fingerprint density at radius 1 is 1.45 bits per heavy atom. The fourth-order valence-electron chi connectivity index (χ4n) is 3.78. The molecule has 2 aliphatic heterocycles. The van der Waals surface area contributed by atoms with E-state index in [4.69, 9.17) is 4.74 Å². The van der Waals surface area contributed by atoms with Gasteiger partial charge in [0.05, 0.1) is 6.17 Å². The minimum Gasteiger partial charge on any atom is -0.410 e. The van der Waals surface area contributed by atoms with E-state index < -0.39 is 6.09 Å². The van der Waals surface area contributed by atoms with E-state index in [1.165, 1.54) is 5.56 Å². The molecule has 1 fully saturated rings. The predicted octanol–water partition coefficient (Wildman–Crippen LogP) is 1.77. The van der Waals surface area contributed by atoms with Gasteiger partial charge in [0, 0.05) is 37.8 Å². The highest BCUT2D eigenvalue weighted by atomic mass is 16.5. The average molecular weight is 275 g/mol. The highest BCUT2D eigenvalue weighted by Crippen LogP contribution is 2.51. The maximum atomic E-state index is 11.3. The topological polar surface area (TPSA) is 44.8 Å². The smallest absolute Gasteiger partial charge is 0.410 e. The largest absolute Gasteiger partial charge is 0.412 e. The second-order valence-corrected chi connectivity index (χ2v) is 5.95. The normalized spacial score (nSPS) is 28.2. The molecule has 108 valence electrons. The summed E-state index contributed by atoms with van der Waals surface area (Å²) in [6, 6.07) is 5.94. The average Bonchev–Trinajstić information content (AvgIpc) is 2.84. The zero-order chi connectivity index (χ0) is 14.5. The minimum atomic E-state index is -0.436. The molecule has 1 amide bonds. The molecular formula is C15H21N3O2. The van der Waals surface area contributed by atoms with Gasteiger partial charge in [-0.25, -0.2) is 4.79 Å². The van der Waals surface area contributed by atoms with Gasteiger partial charge < -0.3 is 15.0 Å². The van der Waals surface area contributed by atoms with Crippen LogP contribution < -0.4 is 15.0 Å². The standard InChI is InChI=1S/C15H21N3O2/c1-15-7-8-17(3)13(15)18(4)12-9-10(5-6-11(12)15)20-14(19)16-2/h5-6,9,13H,7-8H2,1-4H3,(H,16,19)/t13-,15+/m0/s1. The van der Waals surface area contributed by atoms with Gasteiger partial charge in [0.2, 0.25) is 0 Å². The van der Waals surface area contributed by atoms with E-state index in [2.05, 4.69) is 42.2 Å². The molecule has 0 saturated carbocycles. The molecular weight excluding hydrogens is 254 g/mol. The molecule has 0 unspecified atom stereocenters. The molecule has 0 spiro atoms. The van der Waals surface area contributed by atoms with Crippen molar-refractivity contribution in [2.45, 2.75) is 24.9 Å². The number of hydrogen-bond donors (Lipinski definition) is 1. The first-order valence-corrected chi connectivity index (χ1v) is 6.94. The van der Waals surface area contributed by atoms with Gasteiger partial charge in [-0.3, -0.25) is 4.90 Å². The predicted molar refractivity (Wildman–Crippen MR) is 78.3 cm³/mol. The van der Waals surface area contributed by atoms with Crippen molar-refractivity contribution in [3.63, 3.8) is 0 Å². The third kappa shape index (κ3) is 1.69. The zero-order valence-corrected chi connectivity index (χ0v) is 12.4. The number of amides is 1. The van der Waals surface area contributed by atoms with Crippen LogP contribution in [0.1, 0.15) is 18.9 Å². The van der Waals surface area contributed by atoms with Crippen LogP contribution in [0.4, 0.5) is 10.5 Å². The maximum absolute atomic E-state index is 11.3. The summed E-state index contributed by atoms with van der Waals surface area (Å²) in [6.07, 6.45) is 1.10. The monoisotopic (exact) mass is 275 g/mol. The number of carbonyl (C=O) groups excluding carboxylic acids is 1. The van der Waals surface area contributed by atoms with Gasteiger partial charge in [-0.05, 0) is 25.1 Å². The van der Waals surface area contributed by atoms with Crippen LogP contribution in [0.25, 0.3) is 0 Å².